The molecular weight excluding hydrogens is 186 g/mol. The fraction of sp³-hybridized carbons (Fsp3) is 0.462. The molecule has 1 amide bonds. The van der Waals surface area contributed by atoms with Crippen molar-refractivity contribution < 1.29 is 4.79 Å². The van der Waals surface area contributed by atoms with Crippen LogP contribution in [-0.2, 0) is 10.2 Å². The topological polar surface area (TPSA) is 29.1 Å². The summed E-state index contributed by atoms with van der Waals surface area (Å²) in [6.07, 6.45) is 3.23. The minimum absolute atomic E-state index is 0.161. The molecule has 1 heterocycles. The maximum absolute atomic E-state index is 12.0. The van der Waals surface area contributed by atoms with E-state index in [0.29, 0.717) is 0 Å². The van der Waals surface area contributed by atoms with Gasteiger partial charge in [-0.2, -0.15) is 0 Å². The minimum Gasteiger partial charge on any atom is -0.325 e. The highest BCUT2D eigenvalue weighted by molar-refractivity contribution is 6.07. The Balaban J connectivity index is 2.24. The van der Waals surface area contributed by atoms with Crippen molar-refractivity contribution in [3.05, 3.63) is 28.8 Å². The molecule has 0 saturated heterocycles. The predicted octanol–water partition coefficient (Wildman–Crippen LogP) is 2.68. The van der Waals surface area contributed by atoms with Crippen molar-refractivity contribution >= 4 is 11.6 Å². The van der Waals surface area contributed by atoms with Gasteiger partial charge in [0, 0.05) is 5.69 Å². The minimum atomic E-state index is -0.161. The van der Waals surface area contributed by atoms with Crippen LogP contribution in [0.1, 0.15) is 36.0 Å². The van der Waals surface area contributed by atoms with Crippen LogP contribution in [0.4, 0.5) is 5.69 Å². The summed E-state index contributed by atoms with van der Waals surface area (Å²) in [5, 5.41) is 3.05. The van der Waals surface area contributed by atoms with Gasteiger partial charge in [0.2, 0.25) is 5.91 Å². The Kier molecular flexibility index (Phi) is 1.57. The lowest BCUT2D eigenvalue weighted by molar-refractivity contribution is -0.123. The smallest absolute Gasteiger partial charge is 0.235 e. The summed E-state index contributed by atoms with van der Waals surface area (Å²) in [7, 11) is 0. The maximum Gasteiger partial charge on any atom is 0.235 e. The Morgan fingerprint density at radius 3 is 2.60 bits per heavy atom. The highest BCUT2D eigenvalue weighted by Gasteiger charge is 2.51. The van der Waals surface area contributed by atoms with Gasteiger partial charge in [-0.1, -0.05) is 24.1 Å². The molecule has 0 bridgehead atoms. The number of benzene rings is 1. The van der Waals surface area contributed by atoms with Crippen molar-refractivity contribution in [2.75, 3.05) is 5.32 Å². The summed E-state index contributed by atoms with van der Waals surface area (Å²) >= 11 is 0. The summed E-state index contributed by atoms with van der Waals surface area (Å²) in [6.45, 7) is 4.17. The van der Waals surface area contributed by atoms with Gasteiger partial charge < -0.3 is 5.32 Å². The van der Waals surface area contributed by atoms with Gasteiger partial charge in [0.15, 0.2) is 0 Å². The largest absolute Gasteiger partial charge is 0.325 e. The Morgan fingerprint density at radius 1 is 1.27 bits per heavy atom. The Morgan fingerprint density at radius 2 is 2.00 bits per heavy atom. The number of anilines is 1. The van der Waals surface area contributed by atoms with Crippen molar-refractivity contribution in [2.24, 2.45) is 0 Å². The molecule has 0 atom stereocenters. The summed E-state index contributed by atoms with van der Waals surface area (Å²) in [4.78, 5) is 12.0. The average molecular weight is 201 g/mol. The molecule has 15 heavy (non-hydrogen) atoms. The lowest BCUT2D eigenvalue weighted by Crippen LogP contribution is -2.40. The zero-order chi connectivity index (χ0) is 10.6. The van der Waals surface area contributed by atoms with E-state index in [0.717, 1.165) is 18.5 Å². The molecular formula is C13H15NO. The van der Waals surface area contributed by atoms with E-state index in [1.807, 2.05) is 0 Å². The number of fused-ring (bicyclic) bond motifs is 2. The normalized spacial score (nSPS) is 21.1. The Labute approximate surface area is 89.7 Å². The molecule has 1 aromatic rings. The number of nitrogens with one attached hydrogen (secondary N) is 1. The molecule has 1 saturated carbocycles. The van der Waals surface area contributed by atoms with Gasteiger partial charge in [0.1, 0.15) is 0 Å². The van der Waals surface area contributed by atoms with E-state index >= 15 is 0 Å². The molecule has 3 rings (SSSR count). The summed E-state index contributed by atoms with van der Waals surface area (Å²) in [6, 6.07) is 4.32. The van der Waals surface area contributed by atoms with E-state index in [9.17, 15) is 4.79 Å². The van der Waals surface area contributed by atoms with Gasteiger partial charge >= 0.3 is 0 Å². The number of rotatable bonds is 0. The van der Waals surface area contributed by atoms with E-state index < -0.39 is 0 Å². The van der Waals surface area contributed by atoms with E-state index in [2.05, 4.69) is 31.3 Å². The summed E-state index contributed by atoms with van der Waals surface area (Å²) in [5.41, 5.74) is 4.62. The zero-order valence-electron chi connectivity index (χ0n) is 9.18. The molecule has 78 valence electrons. The second kappa shape index (κ2) is 2.63. The van der Waals surface area contributed by atoms with Crippen molar-refractivity contribution in [2.45, 2.75) is 38.5 Å². The number of carbonyl (C=O) groups is 1. The second-order valence-electron chi connectivity index (χ2n) is 4.89. The molecule has 1 fully saturated rings. The zero-order valence-corrected chi connectivity index (χ0v) is 9.18. The third-order valence-electron chi connectivity index (χ3n) is 3.88. The number of amides is 1. The second-order valence-corrected chi connectivity index (χ2v) is 4.89. The Hall–Kier alpha value is -1.31. The fourth-order valence-corrected chi connectivity index (χ4v) is 2.89. The highest BCUT2D eigenvalue weighted by Crippen LogP contribution is 2.52. The molecule has 1 aliphatic carbocycles. The third-order valence-corrected chi connectivity index (χ3v) is 3.88. The number of hydrogen-bond donors (Lipinski definition) is 1. The summed E-state index contributed by atoms with van der Waals surface area (Å²) in [5.74, 6) is 0.220. The maximum atomic E-state index is 12.0. The fourth-order valence-electron chi connectivity index (χ4n) is 2.89. The highest BCUT2D eigenvalue weighted by atomic mass is 16.2. The van der Waals surface area contributed by atoms with Crippen LogP contribution in [0, 0.1) is 13.8 Å². The monoisotopic (exact) mass is 201 g/mol. The van der Waals surface area contributed by atoms with Crippen LogP contribution in [0.15, 0.2) is 12.1 Å². The molecule has 1 spiro atoms. The van der Waals surface area contributed by atoms with E-state index in [1.165, 1.54) is 23.1 Å². The molecule has 1 N–H and O–H groups in total. The van der Waals surface area contributed by atoms with Crippen LogP contribution in [0.25, 0.3) is 0 Å². The molecule has 1 aliphatic heterocycles. The van der Waals surface area contributed by atoms with Crippen LogP contribution in [0.3, 0.4) is 0 Å². The van der Waals surface area contributed by atoms with Gasteiger partial charge in [0.05, 0.1) is 5.41 Å². The first-order valence-corrected chi connectivity index (χ1v) is 5.57. The first kappa shape index (κ1) is 8.96. The van der Waals surface area contributed by atoms with Gasteiger partial charge in [-0.15, -0.1) is 0 Å². The van der Waals surface area contributed by atoms with E-state index in [-0.39, 0.29) is 11.3 Å². The molecule has 0 radical (unpaired) electrons. The van der Waals surface area contributed by atoms with Crippen LogP contribution in [0.5, 0.6) is 0 Å². The molecule has 1 aromatic carbocycles. The SMILES string of the molecule is Cc1cc(C)c2c(c1)C1(CCC1)C(=O)N2. The van der Waals surface area contributed by atoms with Gasteiger partial charge in [-0.25, -0.2) is 0 Å². The third kappa shape index (κ3) is 0.969. The first-order valence-electron chi connectivity index (χ1n) is 5.57. The van der Waals surface area contributed by atoms with Crippen molar-refractivity contribution in [1.29, 1.82) is 0 Å². The number of aryl methyl sites for hydroxylation is 2. The predicted molar refractivity (Wildman–Crippen MR) is 60.1 cm³/mol. The lowest BCUT2D eigenvalue weighted by Gasteiger charge is -2.36. The number of hydrogen-bond acceptors (Lipinski definition) is 1. The Bertz CT molecular complexity index is 458. The molecule has 2 aliphatic rings. The molecule has 2 heteroatoms. The van der Waals surface area contributed by atoms with Crippen molar-refractivity contribution in [3.8, 4) is 0 Å². The van der Waals surface area contributed by atoms with E-state index in [4.69, 9.17) is 0 Å². The molecule has 0 aromatic heterocycles. The van der Waals surface area contributed by atoms with Crippen molar-refractivity contribution in [1.82, 2.24) is 0 Å². The van der Waals surface area contributed by atoms with Crippen molar-refractivity contribution in [3.63, 3.8) is 0 Å². The van der Waals surface area contributed by atoms with Crippen LogP contribution in [0.2, 0.25) is 0 Å². The average Bonchev–Trinajstić information content (AvgIpc) is 2.37. The van der Waals surface area contributed by atoms with E-state index in [1.54, 1.807) is 0 Å². The van der Waals surface area contributed by atoms with Crippen LogP contribution >= 0.6 is 0 Å². The van der Waals surface area contributed by atoms with Gasteiger partial charge in [-0.3, -0.25) is 4.79 Å². The van der Waals surface area contributed by atoms with Crippen LogP contribution < -0.4 is 5.32 Å². The molecule has 2 nitrogen and oxygen atoms in total. The van der Waals surface area contributed by atoms with Crippen LogP contribution in [-0.4, -0.2) is 5.91 Å². The lowest BCUT2D eigenvalue weighted by atomic mass is 9.65. The molecule has 0 unspecified atom stereocenters. The number of carbonyl (C=O) groups excluding carboxylic acids is 1. The van der Waals surface area contributed by atoms with Gasteiger partial charge in [0.25, 0.3) is 0 Å². The first-order chi connectivity index (χ1) is 7.13. The van der Waals surface area contributed by atoms with Gasteiger partial charge in [-0.05, 0) is 37.8 Å². The standard InChI is InChI=1S/C13H15NO/c1-8-6-9(2)11-10(7-8)13(4-3-5-13)12(15)14-11/h6-7H,3-5H2,1-2H3,(H,14,15). The quantitative estimate of drug-likeness (QED) is 0.687. The summed E-state index contributed by atoms with van der Waals surface area (Å²) < 4.78 is 0.